The van der Waals surface area contributed by atoms with Crippen molar-refractivity contribution >= 4 is 57.1 Å². The van der Waals surface area contributed by atoms with Gasteiger partial charge >= 0.3 is 0 Å². The molecule has 0 spiro atoms. The fourth-order valence-electron chi connectivity index (χ4n) is 4.84. The zero-order valence-electron chi connectivity index (χ0n) is 21.1. The van der Waals surface area contributed by atoms with Crippen LogP contribution >= 0.6 is 23.2 Å². The van der Waals surface area contributed by atoms with Gasteiger partial charge in [0.05, 0.1) is 45.4 Å². The number of aryl methyl sites for hydroxylation is 1. The van der Waals surface area contributed by atoms with Gasteiger partial charge in [-0.25, -0.2) is 14.4 Å². The third-order valence-electron chi connectivity index (χ3n) is 6.87. The highest BCUT2D eigenvalue weighted by Crippen LogP contribution is 2.33. The number of nitrogens with zero attached hydrogens (tertiary/aromatic N) is 4. The highest BCUT2D eigenvalue weighted by Gasteiger charge is 2.20. The van der Waals surface area contributed by atoms with E-state index in [2.05, 4.69) is 26.3 Å². The highest BCUT2D eigenvalue weighted by atomic mass is 35.5. The molecule has 0 saturated carbocycles. The van der Waals surface area contributed by atoms with E-state index in [1.165, 1.54) is 18.2 Å². The molecule has 2 N–H and O–H groups in total. The molecule has 6 rings (SSSR count). The van der Waals surface area contributed by atoms with Gasteiger partial charge in [-0.05, 0) is 48.9 Å². The largest absolute Gasteiger partial charge is 0.379 e. The Morgan fingerprint density at radius 1 is 1.08 bits per heavy atom. The van der Waals surface area contributed by atoms with Crippen LogP contribution in [0.3, 0.4) is 0 Å². The van der Waals surface area contributed by atoms with Gasteiger partial charge in [-0.15, -0.1) is 0 Å². The van der Waals surface area contributed by atoms with Crippen molar-refractivity contribution in [2.24, 2.45) is 0 Å². The minimum Gasteiger partial charge on any atom is -0.379 e. The molecule has 1 aliphatic rings. The number of imidazole rings is 2. The number of aromatic amines is 1. The Kier molecular flexibility index (Phi) is 6.99. The molecule has 0 aliphatic carbocycles. The molecule has 0 radical (unpaired) electrons. The van der Waals surface area contributed by atoms with Gasteiger partial charge in [0.15, 0.2) is 0 Å². The number of halogens is 3. The number of morpholine rings is 1. The Balaban J connectivity index is 1.31. The van der Waals surface area contributed by atoms with Crippen LogP contribution in [0.5, 0.6) is 0 Å². The number of H-pyrrole nitrogens is 1. The van der Waals surface area contributed by atoms with Crippen LogP contribution in [0.4, 0.5) is 10.3 Å². The molecule has 1 aliphatic heterocycles. The molecule has 3 heterocycles. The summed E-state index contributed by atoms with van der Waals surface area (Å²) in [5.41, 5.74) is 4.20. The smallest absolute Gasteiger partial charge is 0.258 e. The summed E-state index contributed by atoms with van der Waals surface area (Å²) < 4.78 is 22.0. The zero-order valence-corrected chi connectivity index (χ0v) is 22.6. The van der Waals surface area contributed by atoms with Crippen molar-refractivity contribution in [2.75, 3.05) is 38.2 Å². The maximum absolute atomic E-state index is 14.5. The van der Waals surface area contributed by atoms with E-state index in [1.54, 1.807) is 12.1 Å². The van der Waals surface area contributed by atoms with Crippen LogP contribution in [0.25, 0.3) is 33.5 Å². The van der Waals surface area contributed by atoms with Crippen LogP contribution < -0.4 is 5.32 Å². The second kappa shape index (κ2) is 10.6. The molecule has 8 nitrogen and oxygen atoms in total. The van der Waals surface area contributed by atoms with Gasteiger partial charge in [-0.2, -0.15) is 0 Å². The Labute approximate surface area is 233 Å². The predicted molar refractivity (Wildman–Crippen MR) is 151 cm³/mol. The van der Waals surface area contributed by atoms with E-state index < -0.39 is 5.82 Å². The summed E-state index contributed by atoms with van der Waals surface area (Å²) >= 11 is 12.7. The Bertz CT molecular complexity index is 1690. The number of nitrogens with one attached hydrogen (secondary N) is 2. The fourth-order valence-corrected chi connectivity index (χ4v) is 5.36. The summed E-state index contributed by atoms with van der Waals surface area (Å²) in [6, 6.07) is 13.6. The summed E-state index contributed by atoms with van der Waals surface area (Å²) in [4.78, 5) is 28.0. The van der Waals surface area contributed by atoms with Crippen molar-refractivity contribution in [3.05, 3.63) is 75.5 Å². The maximum atomic E-state index is 14.5. The standard InChI is InChI=1S/C28H25Cl2FN6O2/c1-16-5-6-21-23(13-16)37(8-7-36-9-11-39-12-10-36)28(33-21)35-27(38)17-14-19(30)25-22(15-17)32-26(34-25)24-18(29)3-2-4-20(24)31/h2-6,13-15H,7-12H2,1H3,(H,32,34)(H,33,35,38). The van der Waals surface area contributed by atoms with Crippen LogP contribution in [-0.2, 0) is 11.3 Å². The van der Waals surface area contributed by atoms with Gasteiger partial charge in [-0.3, -0.25) is 15.0 Å². The van der Waals surface area contributed by atoms with E-state index in [0.29, 0.717) is 29.1 Å². The molecule has 1 fully saturated rings. The summed E-state index contributed by atoms with van der Waals surface area (Å²) in [5, 5.41) is 3.44. The summed E-state index contributed by atoms with van der Waals surface area (Å²) in [6.45, 7) is 6.67. The quantitative estimate of drug-likeness (QED) is 0.266. The molecule has 39 heavy (non-hydrogen) atoms. The summed E-state index contributed by atoms with van der Waals surface area (Å²) in [6.07, 6.45) is 0. The number of hydrogen-bond acceptors (Lipinski definition) is 5. The second-order valence-corrected chi connectivity index (χ2v) is 10.3. The molecule has 3 aromatic carbocycles. The lowest BCUT2D eigenvalue weighted by atomic mass is 10.2. The Morgan fingerprint density at radius 2 is 1.90 bits per heavy atom. The number of rotatable bonds is 6. The van der Waals surface area contributed by atoms with Crippen LogP contribution in [-0.4, -0.2) is 63.2 Å². The van der Waals surface area contributed by atoms with Crippen molar-refractivity contribution in [1.29, 1.82) is 0 Å². The van der Waals surface area contributed by atoms with Gasteiger partial charge in [0.1, 0.15) is 17.2 Å². The monoisotopic (exact) mass is 566 g/mol. The Hall–Kier alpha value is -3.50. The normalized spacial score (nSPS) is 14.4. The van der Waals surface area contributed by atoms with Gasteiger partial charge in [-0.1, -0.05) is 35.3 Å². The first kappa shape index (κ1) is 25.8. The van der Waals surface area contributed by atoms with E-state index in [4.69, 9.17) is 32.9 Å². The zero-order chi connectivity index (χ0) is 27.1. The molecule has 1 saturated heterocycles. The third kappa shape index (κ3) is 5.10. The molecule has 200 valence electrons. The molecule has 1 amide bonds. The maximum Gasteiger partial charge on any atom is 0.258 e. The predicted octanol–water partition coefficient (Wildman–Crippen LogP) is 5.92. The summed E-state index contributed by atoms with van der Waals surface area (Å²) in [7, 11) is 0. The van der Waals surface area contributed by atoms with Gasteiger partial charge < -0.3 is 14.3 Å². The van der Waals surface area contributed by atoms with Gasteiger partial charge in [0.2, 0.25) is 5.95 Å². The highest BCUT2D eigenvalue weighted by molar-refractivity contribution is 6.36. The number of hydrogen-bond donors (Lipinski definition) is 2. The van der Waals surface area contributed by atoms with Crippen molar-refractivity contribution in [3.8, 4) is 11.4 Å². The van der Waals surface area contributed by atoms with Crippen molar-refractivity contribution in [1.82, 2.24) is 24.4 Å². The van der Waals surface area contributed by atoms with E-state index >= 15 is 0 Å². The number of carbonyl (C=O) groups excluding carboxylic acids is 1. The van der Waals surface area contributed by atoms with Gasteiger partial charge in [0.25, 0.3) is 5.91 Å². The first-order chi connectivity index (χ1) is 18.9. The molecule has 11 heteroatoms. The lowest BCUT2D eigenvalue weighted by Crippen LogP contribution is -2.38. The molecule has 2 aromatic heterocycles. The SMILES string of the molecule is Cc1ccc2nc(NC(=O)c3cc(Cl)c4nc(-c5c(F)cccc5Cl)[nH]c4c3)n(CCN3CCOCC3)c2c1. The third-order valence-corrected chi connectivity index (χ3v) is 7.48. The van der Waals surface area contributed by atoms with Crippen LogP contribution in [0.1, 0.15) is 15.9 Å². The Morgan fingerprint density at radius 3 is 2.69 bits per heavy atom. The minimum atomic E-state index is -0.512. The van der Waals surface area contributed by atoms with Gasteiger partial charge in [0, 0.05) is 31.7 Å². The number of benzene rings is 3. The van der Waals surface area contributed by atoms with Crippen LogP contribution in [0.15, 0.2) is 48.5 Å². The van der Waals surface area contributed by atoms with Crippen LogP contribution in [0.2, 0.25) is 10.0 Å². The van der Waals surface area contributed by atoms with Crippen LogP contribution in [0, 0.1) is 12.7 Å². The number of anilines is 1. The summed E-state index contributed by atoms with van der Waals surface area (Å²) in [5.74, 6) is -0.207. The van der Waals surface area contributed by atoms with E-state index in [0.717, 1.165) is 49.4 Å². The number of carbonyl (C=O) groups is 1. The lowest BCUT2D eigenvalue weighted by molar-refractivity contribution is 0.0366. The second-order valence-electron chi connectivity index (χ2n) is 9.52. The average Bonchev–Trinajstić information content (AvgIpc) is 3.49. The molecule has 5 aromatic rings. The fraction of sp³-hybridized carbons (Fsp3) is 0.250. The van der Waals surface area contributed by atoms with Crippen molar-refractivity contribution in [2.45, 2.75) is 13.5 Å². The van der Waals surface area contributed by atoms with Crippen molar-refractivity contribution in [3.63, 3.8) is 0 Å². The molecular formula is C28H25Cl2FN6O2. The number of aromatic nitrogens is 4. The average molecular weight is 567 g/mol. The van der Waals surface area contributed by atoms with E-state index in [-0.39, 0.29) is 27.3 Å². The molecule has 0 unspecified atom stereocenters. The first-order valence-corrected chi connectivity index (χ1v) is 13.3. The van der Waals surface area contributed by atoms with Crippen molar-refractivity contribution < 1.29 is 13.9 Å². The number of fused-ring (bicyclic) bond motifs is 2. The molecule has 0 atom stereocenters. The first-order valence-electron chi connectivity index (χ1n) is 12.6. The number of ether oxygens (including phenoxy) is 1. The molecule has 0 bridgehead atoms. The van der Waals surface area contributed by atoms with E-state index in [9.17, 15) is 9.18 Å². The topological polar surface area (TPSA) is 88.1 Å². The number of amides is 1. The molecular weight excluding hydrogens is 542 g/mol. The minimum absolute atomic E-state index is 0.140. The van der Waals surface area contributed by atoms with E-state index in [1.807, 2.05) is 23.6 Å². The lowest BCUT2D eigenvalue weighted by Gasteiger charge is -2.27.